The second-order valence-corrected chi connectivity index (χ2v) is 3.38. The third-order valence-corrected chi connectivity index (χ3v) is 2.09. The molecular formula is C10H7ClF3NO. The summed E-state index contributed by atoms with van der Waals surface area (Å²) in [6, 6.07) is 2.83. The predicted octanol–water partition coefficient (Wildman–Crippen LogP) is 2.86. The van der Waals surface area contributed by atoms with Crippen molar-refractivity contribution in [1.82, 2.24) is 0 Å². The van der Waals surface area contributed by atoms with Crippen molar-refractivity contribution in [2.75, 3.05) is 0 Å². The minimum Gasteiger partial charge on any atom is -0.366 e. The van der Waals surface area contributed by atoms with Crippen molar-refractivity contribution in [2.45, 2.75) is 6.18 Å². The van der Waals surface area contributed by atoms with Gasteiger partial charge < -0.3 is 5.73 Å². The van der Waals surface area contributed by atoms with Crippen LogP contribution in [0, 0.1) is 0 Å². The molecule has 2 N–H and O–H groups in total. The molecule has 0 aliphatic carbocycles. The molecule has 0 saturated heterocycles. The Morgan fingerprint density at radius 1 is 1.38 bits per heavy atom. The highest BCUT2D eigenvalue weighted by Crippen LogP contribution is 2.32. The van der Waals surface area contributed by atoms with Gasteiger partial charge in [0.25, 0.3) is 0 Å². The molecule has 0 atom stereocenters. The van der Waals surface area contributed by atoms with Crippen molar-refractivity contribution >= 4 is 23.6 Å². The van der Waals surface area contributed by atoms with Gasteiger partial charge in [0, 0.05) is 11.1 Å². The summed E-state index contributed by atoms with van der Waals surface area (Å²) in [6.07, 6.45) is -2.36. The van der Waals surface area contributed by atoms with Crippen LogP contribution >= 0.6 is 11.6 Å². The van der Waals surface area contributed by atoms with E-state index in [0.717, 1.165) is 30.4 Å². The third-order valence-electron chi connectivity index (χ3n) is 1.75. The Bertz CT molecular complexity index is 440. The van der Waals surface area contributed by atoms with Crippen LogP contribution in [0.1, 0.15) is 11.1 Å². The van der Waals surface area contributed by atoms with E-state index >= 15 is 0 Å². The van der Waals surface area contributed by atoms with E-state index in [1.54, 1.807) is 0 Å². The lowest BCUT2D eigenvalue weighted by molar-refractivity contribution is -0.137. The second kappa shape index (κ2) is 4.57. The van der Waals surface area contributed by atoms with Crippen LogP contribution in [0.15, 0.2) is 24.3 Å². The number of carbonyl (C=O) groups is 1. The molecule has 6 heteroatoms. The molecule has 0 radical (unpaired) electrons. The third kappa shape index (κ3) is 3.27. The Labute approximate surface area is 94.5 Å². The van der Waals surface area contributed by atoms with Gasteiger partial charge in [-0.3, -0.25) is 4.79 Å². The average molecular weight is 250 g/mol. The maximum Gasteiger partial charge on any atom is 0.416 e. The smallest absolute Gasteiger partial charge is 0.366 e. The molecule has 0 fully saturated rings. The Kier molecular flexibility index (Phi) is 3.59. The number of hydrogen-bond acceptors (Lipinski definition) is 1. The molecule has 0 aromatic heterocycles. The van der Waals surface area contributed by atoms with E-state index in [0.29, 0.717) is 0 Å². The van der Waals surface area contributed by atoms with Crippen molar-refractivity contribution in [3.05, 3.63) is 40.4 Å². The maximum atomic E-state index is 12.3. The lowest BCUT2D eigenvalue weighted by Gasteiger charge is -2.08. The van der Waals surface area contributed by atoms with E-state index in [9.17, 15) is 18.0 Å². The minimum absolute atomic E-state index is 0.0929. The van der Waals surface area contributed by atoms with Gasteiger partial charge in [-0.15, -0.1) is 0 Å². The first-order valence-electron chi connectivity index (χ1n) is 4.15. The molecule has 0 bridgehead atoms. The molecule has 0 aliphatic heterocycles. The number of amides is 1. The topological polar surface area (TPSA) is 43.1 Å². The van der Waals surface area contributed by atoms with Crippen LogP contribution in [0.2, 0.25) is 5.02 Å². The fraction of sp³-hybridized carbons (Fsp3) is 0.100. The normalized spacial score (nSPS) is 12.0. The number of benzene rings is 1. The van der Waals surface area contributed by atoms with Crippen LogP contribution in [0.3, 0.4) is 0 Å². The molecule has 0 aliphatic rings. The number of primary amides is 1. The van der Waals surface area contributed by atoms with Crippen LogP contribution in [0.25, 0.3) is 6.08 Å². The molecule has 0 spiro atoms. The largest absolute Gasteiger partial charge is 0.416 e. The molecule has 1 aromatic rings. The fourth-order valence-corrected chi connectivity index (χ4v) is 1.20. The highest BCUT2D eigenvalue weighted by Gasteiger charge is 2.30. The molecular weight excluding hydrogens is 243 g/mol. The molecule has 1 amide bonds. The number of halogens is 4. The van der Waals surface area contributed by atoms with Crippen molar-refractivity contribution in [3.8, 4) is 0 Å². The first-order chi connectivity index (χ1) is 7.30. The summed E-state index contributed by atoms with van der Waals surface area (Å²) >= 11 is 5.66. The second-order valence-electron chi connectivity index (χ2n) is 2.97. The van der Waals surface area contributed by atoms with Crippen LogP contribution in [0.5, 0.6) is 0 Å². The van der Waals surface area contributed by atoms with Gasteiger partial charge in [-0.05, 0) is 29.8 Å². The standard InChI is InChI=1S/C10H7ClF3NO/c11-8-3-2-7(10(12,13)14)5-6(8)1-4-9(15)16/h1-5H,(H2,15,16). The van der Waals surface area contributed by atoms with Crippen LogP contribution < -0.4 is 5.73 Å². The van der Waals surface area contributed by atoms with Gasteiger partial charge in [0.2, 0.25) is 5.91 Å². The zero-order valence-corrected chi connectivity index (χ0v) is 8.64. The fourth-order valence-electron chi connectivity index (χ4n) is 1.02. The van der Waals surface area contributed by atoms with E-state index in [1.165, 1.54) is 0 Å². The lowest BCUT2D eigenvalue weighted by Crippen LogP contribution is -2.06. The maximum absolute atomic E-state index is 12.3. The molecule has 0 unspecified atom stereocenters. The van der Waals surface area contributed by atoms with Crippen molar-refractivity contribution < 1.29 is 18.0 Å². The molecule has 2 nitrogen and oxygen atoms in total. The zero-order chi connectivity index (χ0) is 12.3. The molecule has 16 heavy (non-hydrogen) atoms. The summed E-state index contributed by atoms with van der Waals surface area (Å²) in [7, 11) is 0. The van der Waals surface area contributed by atoms with Gasteiger partial charge in [-0.1, -0.05) is 11.6 Å². The van der Waals surface area contributed by atoms with E-state index in [4.69, 9.17) is 17.3 Å². The first-order valence-corrected chi connectivity index (χ1v) is 4.53. The number of rotatable bonds is 2. The number of hydrogen-bond donors (Lipinski definition) is 1. The molecule has 0 saturated carbocycles. The van der Waals surface area contributed by atoms with E-state index in [-0.39, 0.29) is 10.6 Å². The van der Waals surface area contributed by atoms with Crippen LogP contribution in [-0.2, 0) is 11.0 Å². The van der Waals surface area contributed by atoms with Gasteiger partial charge in [-0.25, -0.2) is 0 Å². The Morgan fingerprint density at radius 3 is 2.50 bits per heavy atom. The summed E-state index contributed by atoms with van der Waals surface area (Å²) in [6.45, 7) is 0. The summed E-state index contributed by atoms with van der Waals surface area (Å²) in [5, 5.41) is 0.116. The summed E-state index contributed by atoms with van der Waals surface area (Å²) in [5.41, 5.74) is 4.08. The van der Waals surface area contributed by atoms with Gasteiger partial charge in [-0.2, -0.15) is 13.2 Å². The summed E-state index contributed by atoms with van der Waals surface area (Å²) in [5.74, 6) is -0.756. The predicted molar refractivity (Wildman–Crippen MR) is 54.7 cm³/mol. The molecule has 1 rings (SSSR count). The zero-order valence-electron chi connectivity index (χ0n) is 7.88. The van der Waals surface area contributed by atoms with Crippen molar-refractivity contribution in [3.63, 3.8) is 0 Å². The van der Waals surface area contributed by atoms with E-state index in [2.05, 4.69) is 0 Å². The van der Waals surface area contributed by atoms with Gasteiger partial charge in [0.1, 0.15) is 0 Å². The molecule has 86 valence electrons. The highest BCUT2D eigenvalue weighted by molar-refractivity contribution is 6.32. The number of alkyl halides is 3. The molecule has 1 aromatic carbocycles. The number of carbonyl (C=O) groups excluding carboxylic acids is 1. The summed E-state index contributed by atoms with van der Waals surface area (Å²) < 4.78 is 37.0. The van der Waals surface area contributed by atoms with Gasteiger partial charge in [0.15, 0.2) is 0 Å². The Hall–Kier alpha value is -1.49. The average Bonchev–Trinajstić information content (AvgIpc) is 2.14. The summed E-state index contributed by atoms with van der Waals surface area (Å²) in [4.78, 5) is 10.4. The quantitative estimate of drug-likeness (QED) is 0.805. The highest BCUT2D eigenvalue weighted by atomic mass is 35.5. The minimum atomic E-state index is -4.44. The Morgan fingerprint density at radius 2 is 2.00 bits per heavy atom. The Balaban J connectivity index is 3.14. The first kappa shape index (κ1) is 12.6. The van der Waals surface area contributed by atoms with E-state index < -0.39 is 17.6 Å². The molecule has 0 heterocycles. The van der Waals surface area contributed by atoms with Crippen molar-refractivity contribution in [2.24, 2.45) is 5.73 Å². The van der Waals surface area contributed by atoms with E-state index in [1.807, 2.05) is 0 Å². The van der Waals surface area contributed by atoms with Gasteiger partial charge in [0.05, 0.1) is 5.56 Å². The van der Waals surface area contributed by atoms with Gasteiger partial charge >= 0.3 is 6.18 Å². The SMILES string of the molecule is NC(=O)C=Cc1cc(C(F)(F)F)ccc1Cl. The van der Waals surface area contributed by atoms with Crippen LogP contribution in [0.4, 0.5) is 13.2 Å². The van der Waals surface area contributed by atoms with Crippen molar-refractivity contribution in [1.29, 1.82) is 0 Å². The van der Waals surface area contributed by atoms with Crippen LogP contribution in [-0.4, -0.2) is 5.91 Å². The number of nitrogens with two attached hydrogens (primary N) is 1. The monoisotopic (exact) mass is 249 g/mol. The lowest BCUT2D eigenvalue weighted by atomic mass is 10.1.